The minimum Gasteiger partial charge on any atom is -0.280 e. The zero-order valence-corrected chi connectivity index (χ0v) is 18.6. The van der Waals surface area contributed by atoms with Crippen LogP contribution in [0, 0.1) is 5.82 Å². The summed E-state index contributed by atoms with van der Waals surface area (Å²) >= 11 is 19.7. The lowest BCUT2D eigenvalue weighted by molar-refractivity contribution is -0.00950. The highest BCUT2D eigenvalue weighted by Crippen LogP contribution is 2.40. The fraction of sp³-hybridized carbons (Fsp3) is 0.250. The van der Waals surface area contributed by atoms with Gasteiger partial charge in [-0.05, 0) is 36.2 Å². The number of hydrogen-bond donors (Lipinski definition) is 0. The summed E-state index contributed by atoms with van der Waals surface area (Å²) in [6, 6.07) is 20.3. The average Bonchev–Trinajstić information content (AvgIpc) is 2.73. The minimum atomic E-state index is -0.204. The van der Waals surface area contributed by atoms with Gasteiger partial charge in [0.05, 0.1) is 6.17 Å². The zero-order chi connectivity index (χ0) is 21.1. The van der Waals surface area contributed by atoms with Crippen LogP contribution in [0.15, 0.2) is 66.7 Å². The molecule has 30 heavy (non-hydrogen) atoms. The number of halogens is 4. The molecule has 1 fully saturated rings. The van der Waals surface area contributed by atoms with E-state index in [1.807, 2.05) is 54.6 Å². The van der Waals surface area contributed by atoms with Crippen LogP contribution >= 0.6 is 34.8 Å². The fourth-order valence-electron chi connectivity index (χ4n) is 4.10. The van der Waals surface area contributed by atoms with Gasteiger partial charge in [-0.25, -0.2) is 4.39 Å². The standard InChI is InChI=1S/C24H22Cl3FN2/c25-19-9-3-1-7-17(19)15-29-13-6-14-30(16-18-8-2-4-12-22(18)28)24(29)23-20(26)10-5-11-21(23)27/h1-5,7-12,24H,6,13-16H2/t24-/m1/s1. The van der Waals surface area contributed by atoms with E-state index in [0.29, 0.717) is 28.7 Å². The Balaban J connectivity index is 1.73. The maximum absolute atomic E-state index is 14.4. The molecule has 1 saturated heterocycles. The second-order valence-corrected chi connectivity index (χ2v) is 8.71. The third-order valence-electron chi connectivity index (χ3n) is 5.50. The van der Waals surface area contributed by atoms with Crippen molar-refractivity contribution in [2.24, 2.45) is 0 Å². The molecule has 0 radical (unpaired) electrons. The lowest BCUT2D eigenvalue weighted by Crippen LogP contribution is -2.47. The second kappa shape index (κ2) is 9.67. The molecule has 0 bridgehead atoms. The van der Waals surface area contributed by atoms with Crippen molar-refractivity contribution in [3.05, 3.63) is 104 Å². The number of benzene rings is 3. The van der Waals surface area contributed by atoms with Crippen molar-refractivity contribution >= 4 is 34.8 Å². The van der Waals surface area contributed by atoms with Gasteiger partial charge in [-0.1, -0.05) is 77.3 Å². The summed E-state index contributed by atoms with van der Waals surface area (Å²) < 4.78 is 14.4. The summed E-state index contributed by atoms with van der Waals surface area (Å²) in [5.74, 6) is -0.204. The van der Waals surface area contributed by atoms with Gasteiger partial charge in [0.2, 0.25) is 0 Å². The van der Waals surface area contributed by atoms with E-state index in [4.69, 9.17) is 34.8 Å². The molecular formula is C24H22Cl3FN2. The summed E-state index contributed by atoms with van der Waals surface area (Å²) in [5, 5.41) is 1.95. The summed E-state index contributed by atoms with van der Waals surface area (Å²) in [5.41, 5.74) is 2.55. The molecule has 3 aromatic carbocycles. The van der Waals surface area contributed by atoms with Crippen molar-refractivity contribution in [1.29, 1.82) is 0 Å². The first-order valence-electron chi connectivity index (χ1n) is 9.93. The number of nitrogens with zero attached hydrogens (tertiary/aromatic N) is 2. The van der Waals surface area contributed by atoms with Crippen LogP contribution < -0.4 is 0 Å². The molecule has 2 nitrogen and oxygen atoms in total. The molecule has 1 atom stereocenters. The van der Waals surface area contributed by atoms with Crippen LogP contribution in [0.5, 0.6) is 0 Å². The highest BCUT2D eigenvalue weighted by molar-refractivity contribution is 6.36. The van der Waals surface area contributed by atoms with Crippen LogP contribution in [0.1, 0.15) is 29.3 Å². The average molecular weight is 464 g/mol. The Labute approximate surface area is 191 Å². The molecule has 0 saturated carbocycles. The Bertz CT molecular complexity index is 951. The van der Waals surface area contributed by atoms with E-state index in [0.717, 1.165) is 35.7 Å². The molecule has 3 aromatic rings. The van der Waals surface area contributed by atoms with Crippen molar-refractivity contribution < 1.29 is 4.39 Å². The van der Waals surface area contributed by atoms with E-state index in [9.17, 15) is 4.39 Å². The first-order chi connectivity index (χ1) is 14.5. The molecule has 0 spiro atoms. The predicted molar refractivity (Wildman–Crippen MR) is 122 cm³/mol. The Hall–Kier alpha value is -1.62. The van der Waals surface area contributed by atoms with E-state index in [1.54, 1.807) is 6.07 Å². The molecule has 4 rings (SSSR count). The van der Waals surface area contributed by atoms with Gasteiger partial charge < -0.3 is 0 Å². The van der Waals surface area contributed by atoms with E-state index in [-0.39, 0.29) is 12.0 Å². The Kier molecular flexibility index (Phi) is 6.97. The van der Waals surface area contributed by atoms with Gasteiger partial charge >= 0.3 is 0 Å². The monoisotopic (exact) mass is 462 g/mol. The lowest BCUT2D eigenvalue weighted by Gasteiger charge is -2.45. The smallest absolute Gasteiger partial charge is 0.127 e. The van der Waals surface area contributed by atoms with Gasteiger partial charge in [0.15, 0.2) is 0 Å². The molecule has 6 heteroatoms. The normalized spacial score (nSPS) is 17.9. The molecule has 1 heterocycles. The van der Waals surface area contributed by atoms with Gasteiger partial charge in [-0.15, -0.1) is 0 Å². The molecule has 0 aliphatic carbocycles. The summed E-state index contributed by atoms with van der Waals surface area (Å²) in [4.78, 5) is 4.56. The SMILES string of the molecule is Fc1ccccc1CN1CCCN(Cc2ccccc2Cl)[C@H]1c1c(Cl)cccc1Cl. The molecule has 156 valence electrons. The zero-order valence-electron chi connectivity index (χ0n) is 16.4. The van der Waals surface area contributed by atoms with Crippen LogP contribution in [-0.4, -0.2) is 22.9 Å². The Morgan fingerprint density at radius 3 is 1.87 bits per heavy atom. The molecular weight excluding hydrogens is 442 g/mol. The molecule has 1 aliphatic heterocycles. The Morgan fingerprint density at radius 2 is 1.23 bits per heavy atom. The topological polar surface area (TPSA) is 6.48 Å². The molecule has 0 amide bonds. The van der Waals surface area contributed by atoms with E-state index in [1.165, 1.54) is 6.07 Å². The van der Waals surface area contributed by atoms with Crippen LogP contribution in [0.4, 0.5) is 4.39 Å². The van der Waals surface area contributed by atoms with Crippen molar-refractivity contribution in [3.8, 4) is 0 Å². The summed E-state index contributed by atoms with van der Waals surface area (Å²) in [7, 11) is 0. The Morgan fingerprint density at radius 1 is 0.700 bits per heavy atom. The molecule has 0 aromatic heterocycles. The van der Waals surface area contributed by atoms with Crippen molar-refractivity contribution in [2.45, 2.75) is 25.7 Å². The minimum absolute atomic E-state index is 0.184. The third-order valence-corrected chi connectivity index (χ3v) is 6.53. The largest absolute Gasteiger partial charge is 0.280 e. The van der Waals surface area contributed by atoms with Crippen LogP contribution in [0.3, 0.4) is 0 Å². The highest BCUT2D eigenvalue weighted by atomic mass is 35.5. The second-order valence-electron chi connectivity index (χ2n) is 7.49. The van der Waals surface area contributed by atoms with Gasteiger partial charge in [-0.2, -0.15) is 0 Å². The molecule has 0 unspecified atom stereocenters. The first-order valence-corrected chi connectivity index (χ1v) is 11.1. The van der Waals surface area contributed by atoms with Gasteiger partial charge in [0.1, 0.15) is 5.82 Å². The first kappa shape index (κ1) is 21.6. The number of hydrogen-bond acceptors (Lipinski definition) is 2. The van der Waals surface area contributed by atoms with E-state index < -0.39 is 0 Å². The van der Waals surface area contributed by atoms with Crippen LogP contribution in [0.25, 0.3) is 0 Å². The van der Waals surface area contributed by atoms with Gasteiger partial charge in [0, 0.05) is 52.4 Å². The third kappa shape index (κ3) is 4.66. The quantitative estimate of drug-likeness (QED) is 0.395. The van der Waals surface area contributed by atoms with E-state index >= 15 is 0 Å². The van der Waals surface area contributed by atoms with Gasteiger partial charge in [-0.3, -0.25) is 9.80 Å². The molecule has 1 aliphatic rings. The highest BCUT2D eigenvalue weighted by Gasteiger charge is 2.34. The van der Waals surface area contributed by atoms with Crippen molar-refractivity contribution in [2.75, 3.05) is 13.1 Å². The number of rotatable bonds is 5. The van der Waals surface area contributed by atoms with Crippen LogP contribution in [0.2, 0.25) is 15.1 Å². The van der Waals surface area contributed by atoms with E-state index in [2.05, 4.69) is 9.80 Å². The van der Waals surface area contributed by atoms with Crippen molar-refractivity contribution in [3.63, 3.8) is 0 Å². The van der Waals surface area contributed by atoms with Gasteiger partial charge in [0.25, 0.3) is 0 Å². The maximum atomic E-state index is 14.4. The fourth-order valence-corrected chi connectivity index (χ4v) is 4.88. The molecule has 0 N–H and O–H groups in total. The van der Waals surface area contributed by atoms with Crippen LogP contribution in [-0.2, 0) is 13.1 Å². The van der Waals surface area contributed by atoms with Crippen molar-refractivity contribution in [1.82, 2.24) is 9.80 Å². The maximum Gasteiger partial charge on any atom is 0.127 e. The summed E-state index contributed by atoms with van der Waals surface area (Å²) in [6.07, 6.45) is 0.771. The lowest BCUT2D eigenvalue weighted by atomic mass is 10.0. The predicted octanol–water partition coefficient (Wildman–Crippen LogP) is 7.19. The summed E-state index contributed by atoms with van der Waals surface area (Å²) in [6.45, 7) is 2.81.